The van der Waals surface area contributed by atoms with Crippen LogP contribution in [0.3, 0.4) is 0 Å². The molecule has 0 unspecified atom stereocenters. The van der Waals surface area contributed by atoms with E-state index in [1.807, 2.05) is 4.90 Å². The number of fused-ring (bicyclic) bond motifs is 1. The van der Waals surface area contributed by atoms with E-state index in [1.165, 1.54) is 30.6 Å². The summed E-state index contributed by atoms with van der Waals surface area (Å²) in [4.78, 5) is 25.0. The number of nitrogens with zero attached hydrogens (tertiary/aromatic N) is 4. The van der Waals surface area contributed by atoms with Crippen LogP contribution in [0.1, 0.15) is 47.7 Å². The van der Waals surface area contributed by atoms with Crippen LogP contribution in [0, 0.1) is 0 Å². The predicted molar refractivity (Wildman–Crippen MR) is 118 cm³/mol. The molecule has 0 N–H and O–H groups in total. The molecule has 3 heterocycles. The van der Waals surface area contributed by atoms with Crippen molar-refractivity contribution in [2.24, 2.45) is 0 Å². The summed E-state index contributed by atoms with van der Waals surface area (Å²) in [6.45, 7) is 5.17. The number of alkyl halides is 3. The van der Waals surface area contributed by atoms with E-state index in [0.29, 0.717) is 37.5 Å². The summed E-state index contributed by atoms with van der Waals surface area (Å²) < 4.78 is 40.4. The van der Waals surface area contributed by atoms with Crippen LogP contribution in [0.15, 0.2) is 17.7 Å². The van der Waals surface area contributed by atoms with E-state index in [1.54, 1.807) is 12.2 Å². The molecule has 0 spiro atoms. The number of allylic oxidation sites excluding steroid dienone is 4. The number of piperazine rings is 1. The summed E-state index contributed by atoms with van der Waals surface area (Å²) in [5.74, 6) is 0.156. The van der Waals surface area contributed by atoms with E-state index in [4.69, 9.17) is 0 Å². The standard InChI is InChI=1S/C23H29F3N4OS/c24-23(25,26)18-7-2-1-6-17(18)22-27-19-8-9-28(14-20(19)32-22)15-21(31)30-12-10-29(11-13-30)16-4-3-5-16/h1,6,16H,2-5,7-15H2. The molecule has 0 atom stereocenters. The molecular weight excluding hydrogens is 437 g/mol. The van der Waals surface area contributed by atoms with Gasteiger partial charge in [-0.2, -0.15) is 13.2 Å². The van der Waals surface area contributed by atoms with Gasteiger partial charge < -0.3 is 4.90 Å². The first-order chi connectivity index (χ1) is 15.4. The zero-order chi connectivity index (χ0) is 22.3. The van der Waals surface area contributed by atoms with Gasteiger partial charge in [0, 0.05) is 67.8 Å². The van der Waals surface area contributed by atoms with Crippen molar-refractivity contribution in [3.63, 3.8) is 0 Å². The fraction of sp³-hybridized carbons (Fsp3) is 0.652. The number of halogens is 3. The van der Waals surface area contributed by atoms with Crippen LogP contribution in [0.25, 0.3) is 5.57 Å². The van der Waals surface area contributed by atoms with Crippen molar-refractivity contribution >= 4 is 22.8 Å². The minimum atomic E-state index is -4.33. The fourth-order valence-electron chi connectivity index (χ4n) is 5.04. The van der Waals surface area contributed by atoms with Gasteiger partial charge in [0.05, 0.1) is 12.2 Å². The van der Waals surface area contributed by atoms with Crippen molar-refractivity contribution in [3.05, 3.63) is 33.3 Å². The molecule has 1 amide bonds. The highest BCUT2D eigenvalue weighted by atomic mass is 32.1. The first kappa shape index (κ1) is 22.1. The van der Waals surface area contributed by atoms with Crippen LogP contribution in [0.5, 0.6) is 0 Å². The number of rotatable bonds is 4. The van der Waals surface area contributed by atoms with Crippen LogP contribution in [-0.4, -0.2) is 77.1 Å². The van der Waals surface area contributed by atoms with Crippen molar-refractivity contribution in [2.45, 2.75) is 57.3 Å². The van der Waals surface area contributed by atoms with Gasteiger partial charge in [0.25, 0.3) is 0 Å². The van der Waals surface area contributed by atoms with Gasteiger partial charge in [-0.05, 0) is 25.7 Å². The number of thiazole rings is 1. The van der Waals surface area contributed by atoms with Crippen molar-refractivity contribution in [3.8, 4) is 0 Å². The van der Waals surface area contributed by atoms with Gasteiger partial charge in [0.15, 0.2) is 0 Å². The number of aromatic nitrogens is 1. The summed E-state index contributed by atoms with van der Waals surface area (Å²) in [7, 11) is 0. The summed E-state index contributed by atoms with van der Waals surface area (Å²) in [5.41, 5.74) is 0.630. The van der Waals surface area contributed by atoms with E-state index in [9.17, 15) is 18.0 Å². The zero-order valence-electron chi connectivity index (χ0n) is 18.2. The molecule has 174 valence electrons. The topological polar surface area (TPSA) is 39.7 Å². The zero-order valence-corrected chi connectivity index (χ0v) is 19.0. The lowest BCUT2D eigenvalue weighted by atomic mass is 9.91. The molecular formula is C23H29F3N4OS. The third-order valence-corrected chi connectivity index (χ3v) is 8.29. The summed E-state index contributed by atoms with van der Waals surface area (Å²) >= 11 is 1.35. The smallest absolute Gasteiger partial charge is 0.339 e. The third kappa shape index (κ3) is 4.52. The van der Waals surface area contributed by atoms with Gasteiger partial charge in [-0.25, -0.2) is 4.98 Å². The Morgan fingerprint density at radius 1 is 1.12 bits per heavy atom. The Bertz CT molecular complexity index is 926. The Morgan fingerprint density at radius 3 is 2.59 bits per heavy atom. The second-order valence-electron chi connectivity index (χ2n) is 9.18. The van der Waals surface area contributed by atoms with Gasteiger partial charge in [0.2, 0.25) is 5.91 Å². The minimum Gasteiger partial charge on any atom is -0.339 e. The van der Waals surface area contributed by atoms with Crippen LogP contribution in [0.4, 0.5) is 13.2 Å². The minimum absolute atomic E-state index is 0.00815. The molecule has 0 aromatic carbocycles. The Balaban J connectivity index is 1.21. The third-order valence-electron chi connectivity index (χ3n) is 7.17. The molecule has 9 heteroatoms. The monoisotopic (exact) mass is 466 g/mol. The van der Waals surface area contributed by atoms with Gasteiger partial charge in [-0.1, -0.05) is 18.6 Å². The van der Waals surface area contributed by atoms with Crippen molar-refractivity contribution < 1.29 is 18.0 Å². The van der Waals surface area contributed by atoms with E-state index >= 15 is 0 Å². The number of hydrogen-bond donors (Lipinski definition) is 0. The first-order valence-electron chi connectivity index (χ1n) is 11.6. The Hall–Kier alpha value is -1.71. The molecule has 1 saturated heterocycles. The number of carbonyl (C=O) groups excluding carboxylic acids is 1. The van der Waals surface area contributed by atoms with Crippen molar-refractivity contribution in [2.75, 3.05) is 39.3 Å². The molecule has 0 radical (unpaired) electrons. The SMILES string of the molecule is O=C(CN1CCc2nc(C3=C(C(F)(F)F)CCC=C3)sc2C1)N1CCN(C2CCC2)CC1. The molecule has 5 rings (SSSR count). The second-order valence-corrected chi connectivity index (χ2v) is 10.3. The summed E-state index contributed by atoms with van der Waals surface area (Å²) in [5, 5.41) is 0.457. The van der Waals surface area contributed by atoms with Crippen LogP contribution in [0.2, 0.25) is 0 Å². The van der Waals surface area contributed by atoms with Gasteiger partial charge >= 0.3 is 6.18 Å². The number of amides is 1. The molecule has 0 bridgehead atoms. The quantitative estimate of drug-likeness (QED) is 0.676. The maximum Gasteiger partial charge on any atom is 0.413 e. The van der Waals surface area contributed by atoms with Crippen molar-refractivity contribution in [1.82, 2.24) is 19.7 Å². The van der Waals surface area contributed by atoms with Gasteiger partial charge in [-0.3, -0.25) is 14.6 Å². The van der Waals surface area contributed by atoms with Crippen LogP contribution < -0.4 is 0 Å². The molecule has 2 aliphatic heterocycles. The number of hydrogen-bond acceptors (Lipinski definition) is 5. The lowest BCUT2D eigenvalue weighted by Gasteiger charge is -2.43. The largest absolute Gasteiger partial charge is 0.413 e. The van der Waals surface area contributed by atoms with E-state index in [2.05, 4.69) is 14.8 Å². The Labute approximate surface area is 190 Å². The Morgan fingerprint density at radius 2 is 1.91 bits per heavy atom. The maximum absolute atomic E-state index is 13.5. The lowest BCUT2D eigenvalue weighted by Crippen LogP contribution is -2.55. The number of carbonyl (C=O) groups is 1. The molecule has 2 aliphatic carbocycles. The molecule has 1 aromatic heterocycles. The second kappa shape index (κ2) is 8.91. The van der Waals surface area contributed by atoms with Crippen molar-refractivity contribution in [1.29, 1.82) is 0 Å². The summed E-state index contributed by atoms with van der Waals surface area (Å²) in [6.07, 6.45) is 4.03. The molecule has 1 aromatic rings. The normalized spacial score (nSPS) is 23.4. The predicted octanol–water partition coefficient (Wildman–Crippen LogP) is 3.86. The molecule has 32 heavy (non-hydrogen) atoms. The average molecular weight is 467 g/mol. The maximum atomic E-state index is 13.5. The van der Waals surface area contributed by atoms with Gasteiger partial charge in [-0.15, -0.1) is 11.3 Å². The molecule has 2 fully saturated rings. The highest BCUT2D eigenvalue weighted by Crippen LogP contribution is 2.40. The van der Waals surface area contributed by atoms with Gasteiger partial charge in [0.1, 0.15) is 5.01 Å². The highest BCUT2D eigenvalue weighted by Gasteiger charge is 2.37. The summed E-state index contributed by atoms with van der Waals surface area (Å²) in [6, 6.07) is 0.722. The average Bonchev–Trinajstić information content (AvgIpc) is 3.16. The van der Waals surface area contributed by atoms with E-state index in [-0.39, 0.29) is 17.9 Å². The Kier molecular flexibility index (Phi) is 6.15. The lowest BCUT2D eigenvalue weighted by molar-refractivity contribution is -0.135. The molecule has 5 nitrogen and oxygen atoms in total. The van der Waals surface area contributed by atoms with Crippen LogP contribution >= 0.6 is 11.3 Å². The fourth-order valence-corrected chi connectivity index (χ4v) is 6.24. The van der Waals surface area contributed by atoms with E-state index < -0.39 is 11.7 Å². The molecule has 1 saturated carbocycles. The van der Waals surface area contributed by atoms with E-state index in [0.717, 1.165) is 42.8 Å². The molecule has 4 aliphatic rings. The highest BCUT2D eigenvalue weighted by molar-refractivity contribution is 7.12. The van der Waals surface area contributed by atoms with Crippen LogP contribution in [-0.2, 0) is 17.8 Å². The first-order valence-corrected chi connectivity index (χ1v) is 12.4.